The van der Waals surface area contributed by atoms with Gasteiger partial charge in [-0.2, -0.15) is 11.8 Å². The van der Waals surface area contributed by atoms with Gasteiger partial charge in [0, 0.05) is 29.2 Å². The van der Waals surface area contributed by atoms with Crippen LogP contribution in [0.1, 0.15) is 29.5 Å². The van der Waals surface area contributed by atoms with E-state index in [0.717, 1.165) is 34.9 Å². The fourth-order valence-corrected chi connectivity index (χ4v) is 6.87. The first kappa shape index (κ1) is 23.3. The van der Waals surface area contributed by atoms with Crippen LogP contribution in [0.3, 0.4) is 0 Å². The van der Waals surface area contributed by atoms with Crippen LogP contribution in [0.15, 0.2) is 83.8 Å². The summed E-state index contributed by atoms with van der Waals surface area (Å²) in [5.74, 6) is 4.05. The van der Waals surface area contributed by atoms with Crippen molar-refractivity contribution in [3.05, 3.63) is 90.0 Å². The van der Waals surface area contributed by atoms with Crippen LogP contribution in [0, 0.1) is 5.92 Å². The summed E-state index contributed by atoms with van der Waals surface area (Å²) in [4.78, 5) is 0.247. The van der Waals surface area contributed by atoms with Crippen molar-refractivity contribution in [3.8, 4) is 11.5 Å². The highest BCUT2D eigenvalue weighted by atomic mass is 32.2. The molecular formula is C28H28N2O4S2. The highest BCUT2D eigenvalue weighted by Gasteiger charge is 2.38. The van der Waals surface area contributed by atoms with Crippen LogP contribution in [0.25, 0.3) is 0 Å². The molecule has 2 N–H and O–H groups in total. The van der Waals surface area contributed by atoms with Gasteiger partial charge in [-0.15, -0.1) is 0 Å². The van der Waals surface area contributed by atoms with Crippen LogP contribution < -0.4 is 19.5 Å². The Kier molecular flexibility index (Phi) is 6.09. The van der Waals surface area contributed by atoms with Gasteiger partial charge in [0.1, 0.15) is 17.6 Å². The fraction of sp³-hybridized carbons (Fsp3) is 0.286. The topological polar surface area (TPSA) is 76.7 Å². The lowest BCUT2D eigenvalue weighted by Crippen LogP contribution is -2.31. The van der Waals surface area contributed by atoms with E-state index in [1.54, 1.807) is 37.4 Å². The van der Waals surface area contributed by atoms with E-state index in [1.807, 2.05) is 30.0 Å². The Morgan fingerprint density at radius 3 is 2.64 bits per heavy atom. The van der Waals surface area contributed by atoms with Crippen LogP contribution in [-0.4, -0.2) is 33.1 Å². The van der Waals surface area contributed by atoms with Crippen LogP contribution in [-0.2, 0) is 10.0 Å². The summed E-state index contributed by atoms with van der Waals surface area (Å²) >= 11 is 1.91. The summed E-state index contributed by atoms with van der Waals surface area (Å²) in [5, 5.41) is 3.71. The molecule has 0 saturated carbocycles. The predicted molar refractivity (Wildman–Crippen MR) is 145 cm³/mol. The first-order valence-corrected chi connectivity index (χ1v) is 14.7. The van der Waals surface area contributed by atoms with Crippen molar-refractivity contribution in [1.29, 1.82) is 0 Å². The zero-order valence-electron chi connectivity index (χ0n) is 19.9. The fourth-order valence-electron chi connectivity index (χ4n) is 5.23. The zero-order chi connectivity index (χ0) is 24.7. The second-order valence-electron chi connectivity index (χ2n) is 9.41. The van der Waals surface area contributed by atoms with Gasteiger partial charge in [0.2, 0.25) is 0 Å². The van der Waals surface area contributed by atoms with Crippen LogP contribution in [0.5, 0.6) is 11.5 Å². The molecule has 1 aliphatic carbocycles. The number of benzene rings is 3. The van der Waals surface area contributed by atoms with Gasteiger partial charge in [0.15, 0.2) is 0 Å². The number of thioether (sulfide) groups is 1. The standard InChI is InChI=1S/C28H28N2O4S2/c1-33-20-7-3-6-19(14-20)30-36(31,32)23-11-12-27-26(15-23)24-9-4-10-25(24)28(29-27)18-5-2-8-21(13-18)34-22-16-35-17-22/h2-9,11-15,22,24-25,28-30H,10,16-17H2,1H3/t24-,25+,28+/m0/s1. The van der Waals surface area contributed by atoms with Crippen LogP contribution in [0.4, 0.5) is 11.4 Å². The molecule has 6 nitrogen and oxygen atoms in total. The number of allylic oxidation sites excluding steroid dienone is 2. The van der Waals surface area contributed by atoms with Crippen molar-refractivity contribution in [2.75, 3.05) is 28.7 Å². The summed E-state index contributed by atoms with van der Waals surface area (Å²) in [6.07, 6.45) is 5.67. The molecule has 0 aromatic heterocycles. The Hall–Kier alpha value is -3.10. The van der Waals surface area contributed by atoms with E-state index in [9.17, 15) is 8.42 Å². The first-order valence-electron chi connectivity index (χ1n) is 12.1. The monoisotopic (exact) mass is 520 g/mol. The summed E-state index contributed by atoms with van der Waals surface area (Å²) in [6, 6.07) is 20.8. The molecule has 3 aromatic carbocycles. The molecule has 3 atom stereocenters. The minimum Gasteiger partial charge on any atom is -0.497 e. The number of fused-ring (bicyclic) bond motifs is 3. The molecule has 186 valence electrons. The van der Waals surface area contributed by atoms with E-state index in [4.69, 9.17) is 9.47 Å². The maximum atomic E-state index is 13.2. The van der Waals surface area contributed by atoms with E-state index in [-0.39, 0.29) is 16.9 Å². The van der Waals surface area contributed by atoms with Crippen molar-refractivity contribution in [2.24, 2.45) is 5.92 Å². The molecule has 2 heterocycles. The quantitative estimate of drug-likeness (QED) is 0.383. The molecule has 1 fully saturated rings. The Bertz CT molecular complexity index is 1420. The Balaban J connectivity index is 1.28. The Labute approximate surface area is 216 Å². The highest BCUT2D eigenvalue weighted by Crippen LogP contribution is 2.50. The van der Waals surface area contributed by atoms with Gasteiger partial charge in [-0.1, -0.05) is 30.4 Å². The molecule has 0 spiro atoms. The lowest BCUT2D eigenvalue weighted by molar-refractivity contribution is 0.240. The van der Waals surface area contributed by atoms with Gasteiger partial charge >= 0.3 is 0 Å². The van der Waals surface area contributed by atoms with E-state index >= 15 is 0 Å². The van der Waals surface area contributed by atoms with E-state index in [0.29, 0.717) is 23.5 Å². The lowest BCUT2D eigenvalue weighted by atomic mass is 9.77. The van der Waals surface area contributed by atoms with Gasteiger partial charge in [-0.3, -0.25) is 4.72 Å². The number of hydrogen-bond acceptors (Lipinski definition) is 6. The number of methoxy groups -OCH3 is 1. The number of nitrogens with one attached hydrogen (secondary N) is 2. The third-order valence-corrected chi connectivity index (χ3v) is 9.69. The van der Waals surface area contributed by atoms with Crippen molar-refractivity contribution in [3.63, 3.8) is 0 Å². The number of rotatable bonds is 7. The highest BCUT2D eigenvalue weighted by molar-refractivity contribution is 8.00. The molecule has 2 aliphatic heterocycles. The summed E-state index contributed by atoms with van der Waals surface area (Å²) in [6.45, 7) is 0. The first-order chi connectivity index (χ1) is 17.5. The molecule has 0 amide bonds. The van der Waals surface area contributed by atoms with E-state index in [2.05, 4.69) is 40.4 Å². The molecule has 8 heteroatoms. The minimum atomic E-state index is -3.76. The van der Waals surface area contributed by atoms with E-state index < -0.39 is 10.0 Å². The normalized spacial score (nSPS) is 22.6. The average molecular weight is 521 g/mol. The van der Waals surface area contributed by atoms with E-state index in [1.165, 1.54) is 5.56 Å². The predicted octanol–water partition coefficient (Wildman–Crippen LogP) is 5.82. The SMILES string of the molecule is COc1cccc(NS(=O)(=O)c2ccc3c(c2)[C@H]2C=CC[C@H]2[C@@H](c2cccc(OC4CSC4)c2)N3)c1. The third-order valence-electron chi connectivity index (χ3n) is 7.09. The van der Waals surface area contributed by atoms with Crippen molar-refractivity contribution in [1.82, 2.24) is 0 Å². The van der Waals surface area contributed by atoms with Gasteiger partial charge in [0.25, 0.3) is 10.0 Å². The van der Waals surface area contributed by atoms with Crippen LogP contribution in [0.2, 0.25) is 0 Å². The molecule has 1 saturated heterocycles. The molecule has 0 bridgehead atoms. The molecular weight excluding hydrogens is 492 g/mol. The number of anilines is 2. The van der Waals surface area contributed by atoms with Gasteiger partial charge < -0.3 is 14.8 Å². The second-order valence-corrected chi connectivity index (χ2v) is 12.2. The summed E-state index contributed by atoms with van der Waals surface area (Å²) in [7, 11) is -2.20. The third kappa shape index (κ3) is 4.44. The largest absolute Gasteiger partial charge is 0.497 e. The number of sulfonamides is 1. The molecule has 3 aliphatic rings. The zero-order valence-corrected chi connectivity index (χ0v) is 21.5. The minimum absolute atomic E-state index is 0.120. The molecule has 0 radical (unpaired) electrons. The average Bonchev–Trinajstić information content (AvgIpc) is 3.36. The number of hydrogen-bond donors (Lipinski definition) is 2. The molecule has 36 heavy (non-hydrogen) atoms. The van der Waals surface area contributed by atoms with Crippen LogP contribution >= 0.6 is 11.8 Å². The Morgan fingerprint density at radius 1 is 1.00 bits per heavy atom. The summed E-state index contributed by atoms with van der Waals surface area (Å²) < 4.78 is 40.5. The van der Waals surface area contributed by atoms with Gasteiger partial charge in [-0.05, 0) is 65.9 Å². The maximum absolute atomic E-state index is 13.2. The summed E-state index contributed by atoms with van der Waals surface area (Å²) in [5.41, 5.74) is 3.64. The maximum Gasteiger partial charge on any atom is 0.261 e. The smallest absolute Gasteiger partial charge is 0.261 e. The Morgan fingerprint density at radius 2 is 1.83 bits per heavy atom. The van der Waals surface area contributed by atoms with Crippen molar-refractivity contribution in [2.45, 2.75) is 29.4 Å². The molecule has 3 aromatic rings. The lowest BCUT2D eigenvalue weighted by Gasteiger charge is -2.38. The second kappa shape index (κ2) is 9.41. The van der Waals surface area contributed by atoms with Crippen molar-refractivity contribution >= 4 is 33.2 Å². The van der Waals surface area contributed by atoms with Gasteiger partial charge in [-0.25, -0.2) is 8.42 Å². The van der Waals surface area contributed by atoms with Gasteiger partial charge in [0.05, 0.1) is 23.7 Å². The van der Waals surface area contributed by atoms with Crippen molar-refractivity contribution < 1.29 is 17.9 Å². The molecule has 6 rings (SSSR count). The molecule has 0 unspecified atom stereocenters. The number of ether oxygens (including phenoxy) is 2.